The Kier molecular flexibility index (Phi) is 7.53. The molecule has 2 aliphatic carbocycles. The van der Waals surface area contributed by atoms with Gasteiger partial charge in [-0.25, -0.2) is 13.8 Å². The summed E-state index contributed by atoms with van der Waals surface area (Å²) in [7, 11) is -2.51. The van der Waals surface area contributed by atoms with E-state index in [1.54, 1.807) is 0 Å². The van der Waals surface area contributed by atoms with Crippen molar-refractivity contribution in [2.45, 2.75) is 50.0 Å². The summed E-state index contributed by atoms with van der Waals surface area (Å²) in [4.78, 5) is 21.2. The minimum Gasteiger partial charge on any atom is -0.368 e. The number of rotatable bonds is 6. The maximum absolute atomic E-state index is 14.9. The Hall–Kier alpha value is -3.04. The molecule has 1 aliphatic heterocycles. The Morgan fingerprint density at radius 3 is 2.37 bits per heavy atom. The average molecular weight is 599 g/mol. The van der Waals surface area contributed by atoms with Crippen molar-refractivity contribution in [3.63, 3.8) is 0 Å². The van der Waals surface area contributed by atoms with Gasteiger partial charge in [0.05, 0.1) is 33.7 Å². The Labute approximate surface area is 243 Å². The third kappa shape index (κ3) is 5.71. The number of thiazole rings is 1. The largest absolute Gasteiger partial charge is 0.368 e. The topological polar surface area (TPSA) is 109 Å². The molecule has 11 heteroatoms. The van der Waals surface area contributed by atoms with Gasteiger partial charge in [0.2, 0.25) is 5.91 Å². The molecule has 7 nitrogen and oxygen atoms in total. The van der Waals surface area contributed by atoms with Crippen molar-refractivity contribution in [3.05, 3.63) is 59.8 Å². The number of nitriles is 1. The van der Waals surface area contributed by atoms with E-state index in [1.165, 1.54) is 29.5 Å². The number of nitrogens with one attached hydrogen (secondary N) is 1. The van der Waals surface area contributed by atoms with Gasteiger partial charge in [-0.3, -0.25) is 13.9 Å². The fourth-order valence-corrected chi connectivity index (χ4v) is 8.32. The minimum absolute atomic E-state index is 0.155. The zero-order chi connectivity index (χ0) is 28.8. The Morgan fingerprint density at radius 1 is 1.07 bits per heavy atom. The van der Waals surface area contributed by atoms with Crippen LogP contribution in [0, 0.1) is 28.9 Å². The van der Waals surface area contributed by atoms with Crippen LogP contribution in [-0.4, -0.2) is 50.1 Å². The molecule has 0 unspecified atom stereocenters. The molecule has 1 saturated heterocycles. The first-order valence-corrected chi connectivity index (χ1v) is 16.7. The molecular formula is C30H32F2N4O3S2. The number of amides is 1. The summed E-state index contributed by atoms with van der Waals surface area (Å²) in [6, 6.07) is 13.8. The first-order valence-electron chi connectivity index (χ1n) is 14.0. The van der Waals surface area contributed by atoms with E-state index in [9.17, 15) is 27.9 Å². The van der Waals surface area contributed by atoms with E-state index >= 15 is 0 Å². The molecule has 3 aromatic rings. The van der Waals surface area contributed by atoms with Crippen molar-refractivity contribution in [3.8, 4) is 27.1 Å². The predicted octanol–water partition coefficient (Wildman–Crippen LogP) is 6.77. The lowest BCUT2D eigenvalue weighted by Crippen LogP contribution is -2.42. The van der Waals surface area contributed by atoms with Crippen LogP contribution in [0.2, 0.25) is 0 Å². The highest BCUT2D eigenvalue weighted by molar-refractivity contribution is 8.24. The van der Waals surface area contributed by atoms with Crippen LogP contribution < -0.4 is 10.2 Å². The smallest absolute Gasteiger partial charge is 0.225 e. The monoisotopic (exact) mass is 598 g/mol. The van der Waals surface area contributed by atoms with Crippen LogP contribution in [0.25, 0.3) is 21.0 Å². The zero-order valence-electron chi connectivity index (χ0n) is 22.5. The highest BCUT2D eigenvalue weighted by atomic mass is 32.3. The molecule has 0 radical (unpaired) electrons. The second-order valence-electron chi connectivity index (χ2n) is 11.3. The van der Waals surface area contributed by atoms with Gasteiger partial charge in [-0.1, -0.05) is 31.0 Å². The molecule has 0 bridgehead atoms. The van der Waals surface area contributed by atoms with Crippen LogP contribution in [-0.2, 0) is 4.79 Å². The Morgan fingerprint density at radius 2 is 1.73 bits per heavy atom. The molecule has 3 fully saturated rings. The van der Waals surface area contributed by atoms with E-state index in [1.807, 2.05) is 24.3 Å². The Balaban J connectivity index is 1.37. The highest BCUT2D eigenvalue weighted by Crippen LogP contribution is 2.47. The van der Waals surface area contributed by atoms with Crippen LogP contribution in [0.5, 0.6) is 0 Å². The number of hydrogen-bond donors (Lipinski definition) is 3. The number of nitrogens with zero attached hydrogens (tertiary/aromatic N) is 3. The standard InChI is InChI=1S/C30H32F2N4O3S2/c31-23-6-3-7-24(32)25(23)29-34-26(21-4-1-2-5-22(21)28(37)35-30(18-33)12-13-30)27(40-29)19-8-10-20(11-9-19)36-14-16-41(38,39)17-15-36/h3,6-11,21-22,38-39H,1-2,4-5,12-17H2,(H,35,37)/t21-,22-/m1/s1. The van der Waals surface area contributed by atoms with Crippen molar-refractivity contribution in [1.82, 2.24) is 10.3 Å². The summed E-state index contributed by atoms with van der Waals surface area (Å²) in [5.74, 6) is -1.50. The molecule has 2 atom stereocenters. The van der Waals surface area contributed by atoms with Crippen LogP contribution >= 0.6 is 21.9 Å². The van der Waals surface area contributed by atoms with Gasteiger partial charge in [-0.2, -0.15) is 15.9 Å². The van der Waals surface area contributed by atoms with Gasteiger partial charge in [0.15, 0.2) is 0 Å². The van der Waals surface area contributed by atoms with Crippen molar-refractivity contribution < 1.29 is 22.7 Å². The molecule has 0 spiro atoms. The van der Waals surface area contributed by atoms with E-state index in [-0.39, 0.29) is 28.3 Å². The van der Waals surface area contributed by atoms with Gasteiger partial charge < -0.3 is 10.2 Å². The Bertz CT molecular complexity index is 1470. The average Bonchev–Trinajstić information content (AvgIpc) is 3.61. The first-order chi connectivity index (χ1) is 19.7. The van der Waals surface area contributed by atoms with E-state index < -0.39 is 27.8 Å². The third-order valence-electron chi connectivity index (χ3n) is 8.48. The van der Waals surface area contributed by atoms with Gasteiger partial charge in [0.1, 0.15) is 22.2 Å². The lowest BCUT2D eigenvalue weighted by molar-refractivity contribution is -0.127. The molecule has 1 amide bonds. The van der Waals surface area contributed by atoms with Crippen molar-refractivity contribution in [2.24, 2.45) is 5.92 Å². The van der Waals surface area contributed by atoms with E-state index in [2.05, 4.69) is 16.3 Å². The first kappa shape index (κ1) is 28.1. The molecule has 216 valence electrons. The number of carbonyl (C=O) groups is 1. The SMILES string of the molecule is N#CC1(NC(=O)[C@@H]2CCCC[C@H]2c2nc(-c3c(F)cccc3F)sc2-c2ccc(N3CCS(O)(O)CC3)cc2)CC1. The number of benzene rings is 2. The molecule has 2 saturated carbocycles. The van der Waals surface area contributed by atoms with Crippen molar-refractivity contribution >= 4 is 33.5 Å². The molecule has 3 aliphatic rings. The van der Waals surface area contributed by atoms with Gasteiger partial charge in [-0.15, -0.1) is 11.3 Å². The summed E-state index contributed by atoms with van der Waals surface area (Å²) in [5, 5.41) is 12.7. The molecule has 41 heavy (non-hydrogen) atoms. The predicted molar refractivity (Wildman–Crippen MR) is 158 cm³/mol. The maximum Gasteiger partial charge on any atom is 0.225 e. The van der Waals surface area contributed by atoms with Gasteiger partial charge in [0.25, 0.3) is 0 Å². The van der Waals surface area contributed by atoms with E-state index in [0.29, 0.717) is 56.0 Å². The second kappa shape index (κ2) is 11.0. The van der Waals surface area contributed by atoms with Gasteiger partial charge in [0, 0.05) is 30.6 Å². The summed E-state index contributed by atoms with van der Waals surface area (Å²) < 4.78 is 49.7. The summed E-state index contributed by atoms with van der Waals surface area (Å²) in [6.07, 6.45) is 4.46. The molecule has 6 rings (SSSR count). The van der Waals surface area contributed by atoms with Crippen molar-refractivity contribution in [1.29, 1.82) is 5.26 Å². The van der Waals surface area contributed by atoms with Crippen LogP contribution in [0.1, 0.15) is 50.1 Å². The quantitative estimate of drug-likeness (QED) is 0.289. The van der Waals surface area contributed by atoms with E-state index in [4.69, 9.17) is 4.98 Å². The maximum atomic E-state index is 14.9. The van der Waals surface area contributed by atoms with Crippen LogP contribution in [0.3, 0.4) is 0 Å². The normalized spacial score (nSPS) is 23.8. The lowest BCUT2D eigenvalue weighted by Gasteiger charge is -2.41. The van der Waals surface area contributed by atoms with Crippen LogP contribution in [0.15, 0.2) is 42.5 Å². The fraction of sp³-hybridized carbons (Fsp3) is 0.433. The fourth-order valence-electron chi connectivity index (χ4n) is 5.90. The lowest BCUT2D eigenvalue weighted by atomic mass is 9.76. The summed E-state index contributed by atoms with van der Waals surface area (Å²) in [6.45, 7) is 1.10. The van der Waals surface area contributed by atoms with Crippen molar-refractivity contribution in [2.75, 3.05) is 29.5 Å². The summed E-state index contributed by atoms with van der Waals surface area (Å²) >= 11 is 1.22. The molecular weight excluding hydrogens is 566 g/mol. The van der Waals surface area contributed by atoms with Gasteiger partial charge in [-0.05, 0) is 55.5 Å². The van der Waals surface area contributed by atoms with Gasteiger partial charge >= 0.3 is 0 Å². The second-order valence-corrected chi connectivity index (χ2v) is 14.7. The number of halogens is 2. The number of carbonyl (C=O) groups excluding carboxylic acids is 1. The van der Waals surface area contributed by atoms with E-state index in [0.717, 1.165) is 29.0 Å². The zero-order valence-corrected chi connectivity index (χ0v) is 24.1. The molecule has 1 aromatic heterocycles. The third-order valence-corrected chi connectivity index (χ3v) is 11.3. The molecule has 2 heterocycles. The highest BCUT2D eigenvalue weighted by Gasteiger charge is 2.47. The number of anilines is 1. The number of hydrogen-bond acceptors (Lipinski definition) is 7. The summed E-state index contributed by atoms with van der Waals surface area (Å²) in [5.41, 5.74) is 1.51. The molecule has 3 N–H and O–H groups in total. The number of aromatic nitrogens is 1. The molecule has 2 aromatic carbocycles. The minimum atomic E-state index is -2.51. The van der Waals surface area contributed by atoms with Crippen LogP contribution in [0.4, 0.5) is 14.5 Å².